The lowest BCUT2D eigenvalue weighted by Gasteiger charge is -2.23. The summed E-state index contributed by atoms with van der Waals surface area (Å²) in [7, 11) is 0. The zero-order valence-electron chi connectivity index (χ0n) is 10.6. The highest BCUT2D eigenvalue weighted by molar-refractivity contribution is 6.33. The van der Waals surface area contributed by atoms with E-state index in [9.17, 15) is 4.79 Å². The third-order valence-corrected chi connectivity index (χ3v) is 4.09. The van der Waals surface area contributed by atoms with Gasteiger partial charge >= 0.3 is 0 Å². The average Bonchev–Trinajstić information content (AvgIpc) is 2.77. The predicted octanol–water partition coefficient (Wildman–Crippen LogP) is 3.23. The molecule has 0 aromatic heterocycles. The van der Waals surface area contributed by atoms with Gasteiger partial charge in [0.25, 0.3) is 5.91 Å². The first-order valence-electron chi connectivity index (χ1n) is 6.33. The van der Waals surface area contributed by atoms with E-state index in [1.54, 1.807) is 18.2 Å². The molecular formula is C14H19ClN2O. The molecule has 1 fully saturated rings. The Balaban J connectivity index is 1.97. The van der Waals surface area contributed by atoms with Crippen LogP contribution in [0.15, 0.2) is 18.2 Å². The molecule has 18 heavy (non-hydrogen) atoms. The van der Waals surface area contributed by atoms with E-state index in [1.165, 1.54) is 25.7 Å². The maximum absolute atomic E-state index is 12.0. The minimum atomic E-state index is -0.0773. The quantitative estimate of drug-likeness (QED) is 0.826. The summed E-state index contributed by atoms with van der Waals surface area (Å²) in [5.41, 5.74) is 6.96. The van der Waals surface area contributed by atoms with Crippen LogP contribution in [0.3, 0.4) is 0 Å². The first-order chi connectivity index (χ1) is 8.50. The zero-order chi connectivity index (χ0) is 13.2. The number of anilines is 1. The SMILES string of the molecule is CC1(CNC(=O)c2ccc(Cl)c(N)c2)CCCC1. The van der Waals surface area contributed by atoms with E-state index in [4.69, 9.17) is 17.3 Å². The number of hydrogen-bond donors (Lipinski definition) is 2. The normalized spacial score (nSPS) is 17.7. The highest BCUT2D eigenvalue weighted by atomic mass is 35.5. The first-order valence-corrected chi connectivity index (χ1v) is 6.71. The van der Waals surface area contributed by atoms with E-state index in [-0.39, 0.29) is 11.3 Å². The van der Waals surface area contributed by atoms with Gasteiger partial charge in [-0.2, -0.15) is 0 Å². The van der Waals surface area contributed by atoms with Crippen molar-refractivity contribution >= 4 is 23.2 Å². The van der Waals surface area contributed by atoms with E-state index in [0.29, 0.717) is 16.3 Å². The molecule has 0 unspecified atom stereocenters. The number of hydrogen-bond acceptors (Lipinski definition) is 2. The van der Waals surface area contributed by atoms with E-state index < -0.39 is 0 Å². The van der Waals surface area contributed by atoms with Gasteiger partial charge in [0.15, 0.2) is 0 Å². The Labute approximate surface area is 113 Å². The molecule has 0 radical (unpaired) electrons. The standard InChI is InChI=1S/C14H19ClN2O/c1-14(6-2-3-7-14)9-17-13(18)10-4-5-11(15)12(16)8-10/h4-5,8H,2-3,6-7,9,16H2,1H3,(H,17,18). The maximum Gasteiger partial charge on any atom is 0.251 e. The van der Waals surface area contributed by atoms with Gasteiger partial charge in [-0.3, -0.25) is 4.79 Å². The Morgan fingerprint density at radius 2 is 2.11 bits per heavy atom. The number of amides is 1. The van der Waals surface area contributed by atoms with Crippen molar-refractivity contribution < 1.29 is 4.79 Å². The Morgan fingerprint density at radius 3 is 2.72 bits per heavy atom. The smallest absolute Gasteiger partial charge is 0.251 e. The monoisotopic (exact) mass is 266 g/mol. The minimum Gasteiger partial charge on any atom is -0.398 e. The number of nitrogens with one attached hydrogen (secondary N) is 1. The average molecular weight is 267 g/mol. The molecule has 1 aromatic rings. The number of carbonyl (C=O) groups is 1. The largest absolute Gasteiger partial charge is 0.398 e. The van der Waals surface area contributed by atoms with E-state index in [2.05, 4.69) is 12.2 Å². The van der Waals surface area contributed by atoms with Crippen molar-refractivity contribution in [3.63, 3.8) is 0 Å². The highest BCUT2D eigenvalue weighted by Crippen LogP contribution is 2.36. The van der Waals surface area contributed by atoms with Crippen LogP contribution in [0.25, 0.3) is 0 Å². The molecular weight excluding hydrogens is 248 g/mol. The second kappa shape index (κ2) is 5.19. The van der Waals surface area contributed by atoms with Crippen molar-refractivity contribution in [1.82, 2.24) is 5.32 Å². The summed E-state index contributed by atoms with van der Waals surface area (Å²) in [6.07, 6.45) is 4.91. The topological polar surface area (TPSA) is 55.1 Å². The number of carbonyl (C=O) groups excluding carboxylic acids is 1. The van der Waals surface area contributed by atoms with Crippen molar-refractivity contribution in [3.8, 4) is 0 Å². The van der Waals surface area contributed by atoms with Crippen LogP contribution in [0.5, 0.6) is 0 Å². The summed E-state index contributed by atoms with van der Waals surface area (Å²) in [6, 6.07) is 4.97. The van der Waals surface area contributed by atoms with E-state index >= 15 is 0 Å². The van der Waals surface area contributed by atoms with Crippen LogP contribution in [0.1, 0.15) is 43.0 Å². The summed E-state index contributed by atoms with van der Waals surface area (Å²) < 4.78 is 0. The third-order valence-electron chi connectivity index (χ3n) is 3.74. The number of benzene rings is 1. The summed E-state index contributed by atoms with van der Waals surface area (Å²) in [5, 5.41) is 3.47. The Bertz CT molecular complexity index is 453. The predicted molar refractivity (Wildman–Crippen MR) is 74.8 cm³/mol. The van der Waals surface area contributed by atoms with Gasteiger partial charge < -0.3 is 11.1 Å². The molecule has 4 heteroatoms. The highest BCUT2D eigenvalue weighted by Gasteiger charge is 2.28. The molecule has 0 atom stereocenters. The van der Waals surface area contributed by atoms with Gasteiger partial charge in [0.05, 0.1) is 10.7 Å². The van der Waals surface area contributed by atoms with Crippen LogP contribution in [0.2, 0.25) is 5.02 Å². The van der Waals surface area contributed by atoms with E-state index in [1.807, 2.05) is 0 Å². The fourth-order valence-corrected chi connectivity index (χ4v) is 2.60. The molecule has 1 aliphatic rings. The molecule has 1 amide bonds. The fourth-order valence-electron chi connectivity index (χ4n) is 2.49. The molecule has 1 aliphatic carbocycles. The number of nitrogen functional groups attached to an aromatic ring is 1. The van der Waals surface area contributed by atoms with Crippen LogP contribution >= 0.6 is 11.6 Å². The Hall–Kier alpha value is -1.22. The van der Waals surface area contributed by atoms with Gasteiger partial charge in [-0.05, 0) is 36.5 Å². The van der Waals surface area contributed by atoms with Gasteiger partial charge in [0.2, 0.25) is 0 Å². The summed E-state index contributed by atoms with van der Waals surface area (Å²) in [6.45, 7) is 2.96. The van der Waals surface area contributed by atoms with Crippen LogP contribution in [-0.4, -0.2) is 12.5 Å². The summed E-state index contributed by atoms with van der Waals surface area (Å²) in [5.74, 6) is -0.0773. The summed E-state index contributed by atoms with van der Waals surface area (Å²) >= 11 is 5.83. The molecule has 3 nitrogen and oxygen atoms in total. The lowest BCUT2D eigenvalue weighted by atomic mass is 9.89. The van der Waals surface area contributed by atoms with Gasteiger partial charge in [0, 0.05) is 12.1 Å². The first kappa shape index (κ1) is 13.2. The molecule has 0 saturated heterocycles. The molecule has 0 bridgehead atoms. The van der Waals surface area contributed by atoms with Gasteiger partial charge in [0.1, 0.15) is 0 Å². The molecule has 98 valence electrons. The molecule has 3 N–H and O–H groups in total. The van der Waals surface area contributed by atoms with Crippen molar-refractivity contribution in [2.75, 3.05) is 12.3 Å². The number of halogens is 1. The lowest BCUT2D eigenvalue weighted by molar-refractivity contribution is 0.0934. The van der Waals surface area contributed by atoms with Crippen LogP contribution in [0.4, 0.5) is 5.69 Å². The molecule has 0 aliphatic heterocycles. The lowest BCUT2D eigenvalue weighted by Crippen LogP contribution is -2.34. The van der Waals surface area contributed by atoms with Crippen molar-refractivity contribution in [1.29, 1.82) is 0 Å². The van der Waals surface area contributed by atoms with Crippen molar-refractivity contribution in [3.05, 3.63) is 28.8 Å². The second-order valence-corrected chi connectivity index (χ2v) is 5.84. The van der Waals surface area contributed by atoms with Crippen LogP contribution < -0.4 is 11.1 Å². The summed E-state index contributed by atoms with van der Waals surface area (Å²) in [4.78, 5) is 12.0. The van der Waals surface area contributed by atoms with Crippen LogP contribution in [-0.2, 0) is 0 Å². The molecule has 0 spiro atoms. The third kappa shape index (κ3) is 2.96. The fraction of sp³-hybridized carbons (Fsp3) is 0.500. The second-order valence-electron chi connectivity index (χ2n) is 5.44. The molecule has 1 saturated carbocycles. The van der Waals surface area contributed by atoms with Gasteiger partial charge in [-0.25, -0.2) is 0 Å². The van der Waals surface area contributed by atoms with Crippen molar-refractivity contribution in [2.45, 2.75) is 32.6 Å². The van der Waals surface area contributed by atoms with Gasteiger partial charge in [-0.15, -0.1) is 0 Å². The van der Waals surface area contributed by atoms with Gasteiger partial charge in [-0.1, -0.05) is 31.4 Å². The maximum atomic E-state index is 12.0. The van der Waals surface area contributed by atoms with Crippen LogP contribution in [0, 0.1) is 5.41 Å². The number of rotatable bonds is 3. The zero-order valence-corrected chi connectivity index (χ0v) is 11.4. The number of nitrogens with two attached hydrogens (primary N) is 1. The van der Waals surface area contributed by atoms with E-state index in [0.717, 1.165) is 6.54 Å². The molecule has 0 heterocycles. The minimum absolute atomic E-state index is 0.0773. The van der Waals surface area contributed by atoms with Crippen molar-refractivity contribution in [2.24, 2.45) is 5.41 Å². The molecule has 2 rings (SSSR count). The Kier molecular flexibility index (Phi) is 3.81. The Morgan fingerprint density at radius 1 is 1.44 bits per heavy atom. The molecule has 1 aromatic carbocycles.